The summed E-state index contributed by atoms with van der Waals surface area (Å²) >= 11 is 0. The van der Waals surface area contributed by atoms with Crippen LogP contribution in [-0.4, -0.2) is 101 Å². The lowest BCUT2D eigenvalue weighted by molar-refractivity contribution is -0.142. The number of hydrogen-bond donors (Lipinski definition) is 6. The Morgan fingerprint density at radius 1 is 0.851 bits per heavy atom. The van der Waals surface area contributed by atoms with Crippen LogP contribution in [0.25, 0.3) is 0 Å². The minimum absolute atomic E-state index is 0.0234. The van der Waals surface area contributed by atoms with Gasteiger partial charge in [0.05, 0.1) is 12.1 Å². The number of para-hydroxylation sites is 1. The average Bonchev–Trinajstić information content (AvgIpc) is 3.49. The van der Waals surface area contributed by atoms with E-state index in [9.17, 15) is 38.4 Å². The van der Waals surface area contributed by atoms with Crippen molar-refractivity contribution in [2.75, 3.05) is 19.6 Å². The van der Waals surface area contributed by atoms with E-state index in [1.165, 1.54) is 30.9 Å². The molecule has 1 aliphatic rings. The second-order valence-corrected chi connectivity index (χ2v) is 11.8. The molecule has 0 saturated carbocycles. The van der Waals surface area contributed by atoms with Gasteiger partial charge in [0.1, 0.15) is 36.5 Å². The minimum atomic E-state index is -1.22. The number of likely N-dealkylation sites (tertiary alicyclic amines) is 1. The molecule has 258 valence electrons. The molecule has 0 aliphatic carbocycles. The van der Waals surface area contributed by atoms with Crippen LogP contribution in [0.15, 0.2) is 24.3 Å². The van der Waals surface area contributed by atoms with Crippen LogP contribution in [-0.2, 0) is 33.6 Å². The summed E-state index contributed by atoms with van der Waals surface area (Å²) in [5.41, 5.74) is 0.0408. The van der Waals surface area contributed by atoms with Gasteiger partial charge in [-0.3, -0.25) is 38.4 Å². The maximum atomic E-state index is 13.1. The van der Waals surface area contributed by atoms with Crippen LogP contribution in [0.3, 0.4) is 0 Å². The summed E-state index contributed by atoms with van der Waals surface area (Å²) in [5, 5.41) is 21.3. The van der Waals surface area contributed by atoms with Gasteiger partial charge in [0.15, 0.2) is 0 Å². The molecular formula is C31H44N6O10. The Morgan fingerprint density at radius 2 is 1.47 bits per heavy atom. The molecule has 1 aromatic carbocycles. The molecule has 0 radical (unpaired) electrons. The van der Waals surface area contributed by atoms with Crippen molar-refractivity contribution in [1.29, 1.82) is 0 Å². The number of nitrogens with zero attached hydrogens (tertiary/aromatic N) is 1. The molecule has 16 nitrogen and oxygen atoms in total. The van der Waals surface area contributed by atoms with Crippen molar-refractivity contribution in [3.63, 3.8) is 0 Å². The van der Waals surface area contributed by atoms with Crippen LogP contribution in [0.5, 0.6) is 5.75 Å². The molecule has 6 amide bonds. The molecule has 0 unspecified atom stereocenters. The van der Waals surface area contributed by atoms with E-state index in [0.717, 1.165) is 0 Å². The summed E-state index contributed by atoms with van der Waals surface area (Å²) < 4.78 is 5.08. The number of carboxylic acid groups (broad SMARTS) is 1. The Bertz CT molecular complexity index is 1360. The molecule has 1 saturated heterocycles. The van der Waals surface area contributed by atoms with Crippen LogP contribution in [0.1, 0.15) is 64.7 Å². The summed E-state index contributed by atoms with van der Waals surface area (Å²) in [7, 11) is 0. The van der Waals surface area contributed by atoms with Gasteiger partial charge in [0, 0.05) is 13.5 Å². The number of carbonyl (C=O) groups is 8. The second kappa shape index (κ2) is 17.6. The Labute approximate surface area is 272 Å². The van der Waals surface area contributed by atoms with E-state index in [2.05, 4.69) is 26.6 Å². The quantitative estimate of drug-likeness (QED) is 0.103. The third-order valence-electron chi connectivity index (χ3n) is 7.29. The first-order valence-corrected chi connectivity index (χ1v) is 15.3. The SMILES string of the molecule is CC(=O)Oc1ccccc1C(=O)N[C@H](C(=O)NCC(=O)N[C@H](C(=O)N[C@@H](C)C(=O)N1CCC[C@H]1C(=O)NCC(=O)O)C(C)C)C(C)C. The van der Waals surface area contributed by atoms with Crippen molar-refractivity contribution < 1.29 is 48.2 Å². The maximum absolute atomic E-state index is 13.1. The lowest BCUT2D eigenvalue weighted by Crippen LogP contribution is -2.58. The van der Waals surface area contributed by atoms with Crippen LogP contribution in [0.2, 0.25) is 0 Å². The third-order valence-corrected chi connectivity index (χ3v) is 7.29. The zero-order valence-electron chi connectivity index (χ0n) is 27.4. The minimum Gasteiger partial charge on any atom is -0.480 e. The highest BCUT2D eigenvalue weighted by Gasteiger charge is 2.37. The van der Waals surface area contributed by atoms with Gasteiger partial charge in [-0.2, -0.15) is 0 Å². The van der Waals surface area contributed by atoms with Gasteiger partial charge in [-0.15, -0.1) is 0 Å². The molecule has 0 aromatic heterocycles. The number of benzene rings is 1. The van der Waals surface area contributed by atoms with Gasteiger partial charge in [0.25, 0.3) is 5.91 Å². The Balaban J connectivity index is 1.98. The fraction of sp³-hybridized carbons (Fsp3) is 0.548. The molecule has 1 fully saturated rings. The number of aliphatic carboxylic acids is 1. The van der Waals surface area contributed by atoms with Gasteiger partial charge in [-0.25, -0.2) is 0 Å². The van der Waals surface area contributed by atoms with Crippen molar-refractivity contribution in [2.45, 2.75) is 78.6 Å². The van der Waals surface area contributed by atoms with Gasteiger partial charge < -0.3 is 41.3 Å². The lowest BCUT2D eigenvalue weighted by atomic mass is 10.0. The van der Waals surface area contributed by atoms with Crippen molar-refractivity contribution in [2.24, 2.45) is 11.8 Å². The van der Waals surface area contributed by atoms with E-state index in [4.69, 9.17) is 9.84 Å². The smallest absolute Gasteiger partial charge is 0.322 e. The van der Waals surface area contributed by atoms with E-state index in [0.29, 0.717) is 12.8 Å². The van der Waals surface area contributed by atoms with Crippen molar-refractivity contribution in [3.8, 4) is 5.75 Å². The van der Waals surface area contributed by atoms with E-state index in [1.54, 1.807) is 39.8 Å². The molecule has 16 heteroatoms. The number of carbonyl (C=O) groups excluding carboxylic acids is 7. The van der Waals surface area contributed by atoms with E-state index in [-0.39, 0.29) is 17.9 Å². The number of esters is 1. The average molecular weight is 661 g/mol. The summed E-state index contributed by atoms with van der Waals surface area (Å²) in [6.07, 6.45) is 0.869. The standard InChI is InChI=1S/C31H44N6O10/c1-16(2)25(36-27(42)20-10-7-8-12-22(20)47-19(6)38)29(44)32-14-23(39)35-26(17(3)4)30(45)34-18(5)31(46)37-13-9-11-21(37)28(43)33-15-24(40)41/h7-8,10,12,16-18,21,25-26H,9,11,13-15H2,1-6H3,(H,32,44)(H,33,43)(H,34,45)(H,35,39)(H,36,42)(H,40,41)/t18-,21-,25-,26-/m0/s1. The molecule has 0 bridgehead atoms. The maximum Gasteiger partial charge on any atom is 0.322 e. The summed E-state index contributed by atoms with van der Waals surface area (Å²) in [5.74, 6) is -6.46. The van der Waals surface area contributed by atoms with Gasteiger partial charge in [-0.1, -0.05) is 39.8 Å². The van der Waals surface area contributed by atoms with E-state index in [1.807, 2.05) is 0 Å². The van der Waals surface area contributed by atoms with Crippen LogP contribution >= 0.6 is 0 Å². The number of rotatable bonds is 15. The van der Waals surface area contributed by atoms with E-state index < -0.39 is 96.5 Å². The molecule has 0 spiro atoms. The zero-order chi connectivity index (χ0) is 35.4. The normalized spacial score (nSPS) is 16.0. The largest absolute Gasteiger partial charge is 0.480 e. The molecule has 1 aromatic rings. The van der Waals surface area contributed by atoms with Crippen LogP contribution < -0.4 is 31.3 Å². The number of ether oxygens (including phenoxy) is 1. The summed E-state index contributed by atoms with van der Waals surface area (Å²) in [4.78, 5) is 101. The summed E-state index contributed by atoms with van der Waals surface area (Å²) in [6.45, 7) is 8.52. The first-order valence-electron chi connectivity index (χ1n) is 15.3. The summed E-state index contributed by atoms with van der Waals surface area (Å²) in [6, 6.07) is 1.96. The van der Waals surface area contributed by atoms with Gasteiger partial charge in [-0.05, 0) is 43.7 Å². The monoisotopic (exact) mass is 660 g/mol. The Hall–Kier alpha value is -5.02. The zero-order valence-corrected chi connectivity index (χ0v) is 27.4. The topological polar surface area (TPSA) is 229 Å². The predicted molar refractivity (Wildman–Crippen MR) is 167 cm³/mol. The third kappa shape index (κ3) is 11.4. The molecule has 1 heterocycles. The number of amides is 6. The van der Waals surface area contributed by atoms with Crippen LogP contribution in [0, 0.1) is 11.8 Å². The highest BCUT2D eigenvalue weighted by atomic mass is 16.5. The molecule has 6 N–H and O–H groups in total. The van der Waals surface area contributed by atoms with Gasteiger partial charge in [0.2, 0.25) is 29.5 Å². The predicted octanol–water partition coefficient (Wildman–Crippen LogP) is -0.680. The molecule has 4 atom stereocenters. The number of nitrogens with one attached hydrogen (secondary N) is 5. The van der Waals surface area contributed by atoms with Crippen LogP contribution in [0.4, 0.5) is 0 Å². The Kier molecular flexibility index (Phi) is 14.3. The number of carboxylic acids is 1. The lowest BCUT2D eigenvalue weighted by Gasteiger charge is -2.29. The molecule has 1 aliphatic heterocycles. The first-order chi connectivity index (χ1) is 22.0. The fourth-order valence-corrected chi connectivity index (χ4v) is 4.89. The molecular weight excluding hydrogens is 616 g/mol. The highest BCUT2D eigenvalue weighted by molar-refractivity contribution is 6.01. The van der Waals surface area contributed by atoms with E-state index >= 15 is 0 Å². The van der Waals surface area contributed by atoms with Crippen molar-refractivity contribution in [3.05, 3.63) is 29.8 Å². The highest BCUT2D eigenvalue weighted by Crippen LogP contribution is 2.20. The Morgan fingerprint density at radius 3 is 2.06 bits per heavy atom. The van der Waals surface area contributed by atoms with Gasteiger partial charge >= 0.3 is 11.9 Å². The van der Waals surface area contributed by atoms with Crippen molar-refractivity contribution >= 4 is 47.4 Å². The fourth-order valence-electron chi connectivity index (χ4n) is 4.89. The molecule has 2 rings (SSSR count). The number of hydrogen-bond acceptors (Lipinski definition) is 9. The molecule has 47 heavy (non-hydrogen) atoms. The first kappa shape index (κ1) is 38.2. The van der Waals surface area contributed by atoms with Crippen molar-refractivity contribution in [1.82, 2.24) is 31.5 Å². The second-order valence-electron chi connectivity index (χ2n) is 11.8.